The first-order valence-corrected chi connectivity index (χ1v) is 3.54. The summed E-state index contributed by atoms with van der Waals surface area (Å²) in [7, 11) is 0. The monoisotopic (exact) mass is 155 g/mol. The highest BCUT2D eigenvalue weighted by molar-refractivity contribution is 5.05. The molecular formula is C8H13NO2. The molecule has 0 aliphatic heterocycles. The van der Waals surface area contributed by atoms with Gasteiger partial charge in [-0.3, -0.25) is 0 Å². The van der Waals surface area contributed by atoms with Crippen LogP contribution in [0.3, 0.4) is 0 Å². The Kier molecular flexibility index (Phi) is 5.22. The third kappa shape index (κ3) is 5.43. The van der Waals surface area contributed by atoms with Crippen molar-refractivity contribution in [2.45, 2.75) is 26.4 Å². The Balaban J connectivity index is 3.67. The molecule has 3 heteroatoms. The Labute approximate surface area is 66.9 Å². The van der Waals surface area contributed by atoms with E-state index in [1.165, 1.54) is 6.08 Å². The van der Waals surface area contributed by atoms with Crippen LogP contribution in [0.2, 0.25) is 0 Å². The van der Waals surface area contributed by atoms with Gasteiger partial charge in [-0.15, -0.1) is 0 Å². The Hall–Kier alpha value is -1.01. The number of aliphatic hydroxyl groups excluding tert-OH is 1. The van der Waals surface area contributed by atoms with Gasteiger partial charge in [-0.05, 0) is 13.8 Å². The van der Waals surface area contributed by atoms with Crippen molar-refractivity contribution in [1.29, 1.82) is 5.26 Å². The van der Waals surface area contributed by atoms with Crippen molar-refractivity contribution in [2.24, 2.45) is 0 Å². The molecule has 0 aliphatic carbocycles. The fourth-order valence-corrected chi connectivity index (χ4v) is 0.683. The van der Waals surface area contributed by atoms with Gasteiger partial charge in [-0.2, -0.15) is 5.26 Å². The van der Waals surface area contributed by atoms with Crippen molar-refractivity contribution < 1.29 is 9.84 Å². The molecule has 62 valence electrons. The highest BCUT2D eigenvalue weighted by Crippen LogP contribution is 2.03. The van der Waals surface area contributed by atoms with Crippen LogP contribution in [0.1, 0.15) is 20.3 Å². The molecule has 1 atom stereocenters. The fraction of sp³-hybridized carbons (Fsp3) is 0.625. The zero-order valence-corrected chi connectivity index (χ0v) is 6.87. The number of nitriles is 1. The summed E-state index contributed by atoms with van der Waals surface area (Å²) in [6, 6.07) is 1.87. The predicted molar refractivity (Wildman–Crippen MR) is 41.6 cm³/mol. The van der Waals surface area contributed by atoms with E-state index in [1.807, 2.05) is 13.0 Å². The van der Waals surface area contributed by atoms with Gasteiger partial charge in [0.2, 0.25) is 0 Å². The average molecular weight is 155 g/mol. The van der Waals surface area contributed by atoms with Crippen LogP contribution >= 0.6 is 0 Å². The molecule has 1 N–H and O–H groups in total. The van der Waals surface area contributed by atoms with E-state index in [-0.39, 0.29) is 12.7 Å². The molecule has 1 unspecified atom stereocenters. The van der Waals surface area contributed by atoms with Crippen molar-refractivity contribution in [3.8, 4) is 6.07 Å². The number of allylic oxidation sites excluding steroid dienone is 2. The normalized spacial score (nSPS) is 13.8. The largest absolute Gasteiger partial charge is 0.495 e. The second-order valence-corrected chi connectivity index (χ2v) is 2.32. The first-order valence-electron chi connectivity index (χ1n) is 3.54. The molecule has 0 saturated heterocycles. The van der Waals surface area contributed by atoms with Crippen molar-refractivity contribution in [3.05, 3.63) is 11.8 Å². The fourth-order valence-electron chi connectivity index (χ4n) is 0.683. The van der Waals surface area contributed by atoms with Crippen LogP contribution in [-0.4, -0.2) is 17.8 Å². The minimum Gasteiger partial charge on any atom is -0.495 e. The first kappa shape index (κ1) is 9.99. The van der Waals surface area contributed by atoms with Gasteiger partial charge >= 0.3 is 0 Å². The lowest BCUT2D eigenvalue weighted by atomic mass is 10.3. The molecule has 0 rings (SSSR count). The van der Waals surface area contributed by atoms with Crippen LogP contribution < -0.4 is 0 Å². The number of hydrogen-bond acceptors (Lipinski definition) is 3. The highest BCUT2D eigenvalue weighted by Gasteiger charge is 2.00. The van der Waals surface area contributed by atoms with Gasteiger partial charge in [-0.25, -0.2) is 0 Å². The minimum absolute atomic E-state index is 0.0235. The maximum atomic E-state index is 8.51. The SMILES string of the molecule is C/C(=C\C#N)OC(C)CCO. The van der Waals surface area contributed by atoms with Crippen LogP contribution in [0, 0.1) is 11.3 Å². The summed E-state index contributed by atoms with van der Waals surface area (Å²) in [4.78, 5) is 0. The van der Waals surface area contributed by atoms with Gasteiger partial charge < -0.3 is 9.84 Å². The van der Waals surface area contributed by atoms with Crippen LogP contribution in [0.15, 0.2) is 11.8 Å². The summed E-state index contributed by atoms with van der Waals surface area (Å²) >= 11 is 0. The molecule has 0 aromatic carbocycles. The lowest BCUT2D eigenvalue weighted by Crippen LogP contribution is -2.08. The number of aliphatic hydroxyl groups is 1. The Morgan fingerprint density at radius 3 is 2.91 bits per heavy atom. The molecule has 0 fully saturated rings. The molecule has 0 heterocycles. The number of ether oxygens (including phenoxy) is 1. The molecule has 0 aliphatic rings. The third-order valence-electron chi connectivity index (χ3n) is 1.19. The van der Waals surface area contributed by atoms with E-state index < -0.39 is 0 Å². The van der Waals surface area contributed by atoms with Gasteiger partial charge in [0.05, 0.1) is 18.2 Å². The van der Waals surface area contributed by atoms with Crippen molar-refractivity contribution in [1.82, 2.24) is 0 Å². The van der Waals surface area contributed by atoms with Gasteiger partial charge in [0, 0.05) is 13.0 Å². The summed E-state index contributed by atoms with van der Waals surface area (Å²) in [5.74, 6) is 0.591. The quantitative estimate of drug-likeness (QED) is 0.490. The van der Waals surface area contributed by atoms with Crippen molar-refractivity contribution in [3.63, 3.8) is 0 Å². The molecule has 0 amide bonds. The Morgan fingerprint density at radius 2 is 2.45 bits per heavy atom. The van der Waals surface area contributed by atoms with E-state index in [1.54, 1.807) is 6.92 Å². The molecule has 0 radical (unpaired) electrons. The molecule has 11 heavy (non-hydrogen) atoms. The van der Waals surface area contributed by atoms with Gasteiger partial charge in [0.1, 0.15) is 5.76 Å². The maximum absolute atomic E-state index is 8.51. The maximum Gasteiger partial charge on any atom is 0.104 e. The van der Waals surface area contributed by atoms with E-state index in [9.17, 15) is 0 Å². The first-order chi connectivity index (χ1) is 5.20. The minimum atomic E-state index is -0.0235. The molecule has 0 spiro atoms. The summed E-state index contributed by atoms with van der Waals surface area (Å²) in [6.07, 6.45) is 1.91. The third-order valence-corrected chi connectivity index (χ3v) is 1.19. The molecule has 0 aromatic rings. The summed E-state index contributed by atoms with van der Waals surface area (Å²) in [5, 5.41) is 16.7. The zero-order valence-electron chi connectivity index (χ0n) is 6.87. The van der Waals surface area contributed by atoms with E-state index >= 15 is 0 Å². The predicted octanol–water partition coefficient (Wildman–Crippen LogP) is 1.20. The van der Waals surface area contributed by atoms with Gasteiger partial charge in [0.15, 0.2) is 0 Å². The number of hydrogen-bond donors (Lipinski definition) is 1. The van der Waals surface area contributed by atoms with Crippen molar-refractivity contribution >= 4 is 0 Å². The van der Waals surface area contributed by atoms with Crippen molar-refractivity contribution in [2.75, 3.05) is 6.61 Å². The summed E-state index contributed by atoms with van der Waals surface area (Å²) in [5.41, 5.74) is 0. The van der Waals surface area contributed by atoms with Crippen LogP contribution in [0.4, 0.5) is 0 Å². The van der Waals surface area contributed by atoms with Gasteiger partial charge in [-0.1, -0.05) is 0 Å². The highest BCUT2D eigenvalue weighted by atomic mass is 16.5. The summed E-state index contributed by atoms with van der Waals surface area (Å²) < 4.78 is 5.21. The number of nitrogens with zero attached hydrogens (tertiary/aromatic N) is 1. The lowest BCUT2D eigenvalue weighted by Gasteiger charge is -2.12. The van der Waals surface area contributed by atoms with Crippen LogP contribution in [0.5, 0.6) is 0 Å². The smallest absolute Gasteiger partial charge is 0.104 e. The molecule has 3 nitrogen and oxygen atoms in total. The molecule has 0 saturated carbocycles. The van der Waals surface area contributed by atoms with E-state index in [4.69, 9.17) is 15.1 Å². The van der Waals surface area contributed by atoms with Crippen LogP contribution in [0.25, 0.3) is 0 Å². The Bertz CT molecular complexity index is 169. The van der Waals surface area contributed by atoms with E-state index in [0.29, 0.717) is 12.2 Å². The van der Waals surface area contributed by atoms with Gasteiger partial charge in [0.25, 0.3) is 0 Å². The van der Waals surface area contributed by atoms with E-state index in [0.717, 1.165) is 0 Å². The summed E-state index contributed by atoms with van der Waals surface area (Å²) in [6.45, 7) is 3.68. The molecular weight excluding hydrogens is 142 g/mol. The molecule has 0 bridgehead atoms. The number of rotatable bonds is 4. The molecule has 0 aromatic heterocycles. The standard InChI is InChI=1S/C8H13NO2/c1-7(3-5-9)11-8(2)4-6-10/h3,8,10H,4,6H2,1-2H3/b7-3+. The second-order valence-electron chi connectivity index (χ2n) is 2.32. The van der Waals surface area contributed by atoms with Crippen LogP contribution in [-0.2, 0) is 4.74 Å². The topological polar surface area (TPSA) is 53.2 Å². The zero-order chi connectivity index (χ0) is 8.69. The second kappa shape index (κ2) is 5.75. The Morgan fingerprint density at radius 1 is 1.82 bits per heavy atom. The average Bonchev–Trinajstić information content (AvgIpc) is 1.87. The van der Waals surface area contributed by atoms with E-state index in [2.05, 4.69) is 0 Å². The lowest BCUT2D eigenvalue weighted by molar-refractivity contribution is 0.104.